The molecule has 1 aromatic carbocycles. The van der Waals surface area contributed by atoms with Crippen molar-refractivity contribution in [2.45, 2.75) is 19.3 Å². The molecule has 1 N–H and O–H groups in total. The lowest BCUT2D eigenvalue weighted by Gasteiger charge is -1.98. The molecule has 6 heteroatoms. The fourth-order valence-electron chi connectivity index (χ4n) is 2.65. The number of rotatable bonds is 6. The Morgan fingerprint density at radius 2 is 1.84 bits per heavy atom. The first-order valence-electron chi connectivity index (χ1n) is 8.20. The van der Waals surface area contributed by atoms with E-state index >= 15 is 0 Å². The largest absolute Gasteiger partial charge is 0.334 e. The smallest absolute Gasteiger partial charge is 0.259 e. The quantitative estimate of drug-likeness (QED) is 0.583. The number of hydrogen-bond acceptors (Lipinski definition) is 5. The van der Waals surface area contributed by atoms with E-state index in [9.17, 15) is 0 Å². The molecule has 0 unspecified atom stereocenters. The fraction of sp³-hybridized carbons (Fsp3) is 0.158. The number of hydrogen-bond donors (Lipinski definition) is 1. The average Bonchev–Trinajstić information content (AvgIpc) is 3.35. The van der Waals surface area contributed by atoms with Crippen LogP contribution >= 0.6 is 0 Å². The van der Waals surface area contributed by atoms with Gasteiger partial charge in [-0.2, -0.15) is 10.1 Å². The number of nitrogens with one attached hydrogen (secondary N) is 1. The second-order valence-electron chi connectivity index (χ2n) is 5.77. The Hall–Kier alpha value is -3.28. The van der Waals surface area contributed by atoms with Gasteiger partial charge in [0.25, 0.3) is 5.89 Å². The van der Waals surface area contributed by atoms with Gasteiger partial charge in [0.1, 0.15) is 0 Å². The van der Waals surface area contributed by atoms with E-state index in [2.05, 4.69) is 49.6 Å². The van der Waals surface area contributed by atoms with Crippen LogP contribution in [0.3, 0.4) is 0 Å². The van der Waals surface area contributed by atoms with Crippen LogP contribution in [0.2, 0.25) is 0 Å². The van der Waals surface area contributed by atoms with Gasteiger partial charge in [0.05, 0.1) is 17.5 Å². The Bertz CT molecular complexity index is 914. The van der Waals surface area contributed by atoms with E-state index in [0.29, 0.717) is 5.89 Å². The van der Waals surface area contributed by atoms with Gasteiger partial charge >= 0.3 is 0 Å². The Labute approximate surface area is 144 Å². The highest BCUT2D eigenvalue weighted by atomic mass is 16.5. The summed E-state index contributed by atoms with van der Waals surface area (Å²) in [6.07, 6.45) is 8.06. The number of pyridine rings is 1. The van der Waals surface area contributed by atoms with E-state index in [1.165, 1.54) is 5.56 Å². The summed E-state index contributed by atoms with van der Waals surface area (Å²) in [6, 6.07) is 14.3. The van der Waals surface area contributed by atoms with Crippen LogP contribution in [-0.2, 0) is 12.8 Å². The first-order valence-corrected chi connectivity index (χ1v) is 8.20. The molecule has 0 aliphatic carbocycles. The van der Waals surface area contributed by atoms with Gasteiger partial charge in [0.15, 0.2) is 5.82 Å². The molecule has 0 saturated heterocycles. The van der Waals surface area contributed by atoms with Crippen molar-refractivity contribution in [3.8, 4) is 22.7 Å². The maximum absolute atomic E-state index is 5.36. The summed E-state index contributed by atoms with van der Waals surface area (Å²) in [7, 11) is 0. The number of H-pyrrole nitrogens is 1. The highest BCUT2D eigenvalue weighted by Crippen LogP contribution is 2.21. The lowest BCUT2D eigenvalue weighted by Crippen LogP contribution is -1.92. The normalized spacial score (nSPS) is 10.9. The van der Waals surface area contributed by atoms with E-state index in [0.717, 1.165) is 41.9 Å². The minimum atomic E-state index is 0.501. The van der Waals surface area contributed by atoms with Gasteiger partial charge in [-0.3, -0.25) is 10.1 Å². The first kappa shape index (κ1) is 15.3. The molecule has 0 aliphatic rings. The predicted octanol–water partition coefficient (Wildman–Crippen LogP) is 3.70. The van der Waals surface area contributed by atoms with Crippen molar-refractivity contribution in [3.63, 3.8) is 0 Å². The minimum absolute atomic E-state index is 0.501. The molecule has 6 nitrogen and oxygen atoms in total. The second-order valence-corrected chi connectivity index (χ2v) is 5.77. The molecule has 3 aromatic heterocycles. The molecular formula is C19H17N5O. The molecule has 3 heterocycles. The van der Waals surface area contributed by atoms with Crippen LogP contribution in [0.15, 0.2) is 65.6 Å². The topological polar surface area (TPSA) is 80.5 Å². The summed E-state index contributed by atoms with van der Waals surface area (Å²) < 4.78 is 5.36. The number of nitrogens with zero attached hydrogens (tertiary/aromatic N) is 4. The van der Waals surface area contributed by atoms with Gasteiger partial charge in [-0.25, -0.2) is 0 Å². The summed E-state index contributed by atoms with van der Waals surface area (Å²) in [5.74, 6) is 1.23. The van der Waals surface area contributed by atoms with Crippen LogP contribution in [0, 0.1) is 0 Å². The van der Waals surface area contributed by atoms with Crippen molar-refractivity contribution in [2.75, 3.05) is 0 Å². The van der Waals surface area contributed by atoms with E-state index in [1.54, 1.807) is 18.6 Å². The van der Waals surface area contributed by atoms with E-state index in [1.807, 2.05) is 18.2 Å². The molecule has 0 bridgehead atoms. The van der Waals surface area contributed by atoms with Crippen molar-refractivity contribution in [1.29, 1.82) is 0 Å². The molecule has 0 radical (unpaired) electrons. The van der Waals surface area contributed by atoms with Crippen molar-refractivity contribution in [3.05, 3.63) is 72.4 Å². The molecule has 0 aliphatic heterocycles. The molecule has 4 rings (SSSR count). The Kier molecular flexibility index (Phi) is 4.33. The Balaban J connectivity index is 1.39. The number of aryl methyl sites for hydroxylation is 2. The summed E-state index contributed by atoms with van der Waals surface area (Å²) in [6.45, 7) is 0. The van der Waals surface area contributed by atoms with Crippen LogP contribution in [0.25, 0.3) is 22.7 Å². The molecule has 0 spiro atoms. The van der Waals surface area contributed by atoms with Gasteiger partial charge in [-0.15, -0.1) is 0 Å². The summed E-state index contributed by atoms with van der Waals surface area (Å²) in [5.41, 5.74) is 3.93. The maximum Gasteiger partial charge on any atom is 0.259 e. The zero-order chi connectivity index (χ0) is 16.9. The number of benzene rings is 1. The first-order chi connectivity index (χ1) is 12.4. The minimum Gasteiger partial charge on any atom is -0.334 e. The van der Waals surface area contributed by atoms with Crippen molar-refractivity contribution in [2.24, 2.45) is 0 Å². The summed E-state index contributed by atoms with van der Waals surface area (Å²) in [5, 5.41) is 10.8. The molecule has 25 heavy (non-hydrogen) atoms. The molecular weight excluding hydrogens is 314 g/mol. The SMILES string of the molecule is c1ccc(CCCc2noc(-c3ccc(-c4cn[nH]c4)nc3)n2)cc1. The third-order valence-corrected chi connectivity index (χ3v) is 3.98. The Morgan fingerprint density at radius 1 is 0.920 bits per heavy atom. The highest BCUT2D eigenvalue weighted by molar-refractivity contribution is 5.61. The molecule has 124 valence electrons. The number of aromatic amines is 1. The number of aromatic nitrogens is 5. The van der Waals surface area contributed by atoms with Crippen LogP contribution in [0.4, 0.5) is 0 Å². The maximum atomic E-state index is 5.36. The lowest BCUT2D eigenvalue weighted by atomic mass is 10.1. The van der Waals surface area contributed by atoms with E-state index in [4.69, 9.17) is 4.52 Å². The molecule has 0 amide bonds. The zero-order valence-electron chi connectivity index (χ0n) is 13.6. The Morgan fingerprint density at radius 3 is 2.60 bits per heavy atom. The lowest BCUT2D eigenvalue weighted by molar-refractivity contribution is 0.421. The fourth-order valence-corrected chi connectivity index (χ4v) is 2.65. The van der Waals surface area contributed by atoms with Crippen molar-refractivity contribution >= 4 is 0 Å². The molecule has 4 aromatic rings. The standard InChI is InChI=1S/C19H17N5O/c1-2-5-14(6-3-1)7-4-8-18-23-19(25-24-18)15-9-10-17(20-11-15)16-12-21-22-13-16/h1-3,5-6,9-13H,4,7-8H2,(H,21,22). The molecule has 0 fully saturated rings. The molecule has 0 saturated carbocycles. The van der Waals surface area contributed by atoms with Gasteiger partial charge < -0.3 is 4.52 Å². The molecule has 0 atom stereocenters. The van der Waals surface area contributed by atoms with Crippen LogP contribution < -0.4 is 0 Å². The van der Waals surface area contributed by atoms with E-state index < -0.39 is 0 Å². The van der Waals surface area contributed by atoms with E-state index in [-0.39, 0.29) is 0 Å². The summed E-state index contributed by atoms with van der Waals surface area (Å²) in [4.78, 5) is 8.89. The second kappa shape index (κ2) is 7.09. The van der Waals surface area contributed by atoms with Gasteiger partial charge in [0.2, 0.25) is 0 Å². The van der Waals surface area contributed by atoms with Crippen LogP contribution in [0.5, 0.6) is 0 Å². The monoisotopic (exact) mass is 331 g/mol. The third-order valence-electron chi connectivity index (χ3n) is 3.98. The third kappa shape index (κ3) is 3.63. The van der Waals surface area contributed by atoms with Crippen LogP contribution in [0.1, 0.15) is 17.8 Å². The zero-order valence-corrected chi connectivity index (χ0v) is 13.6. The average molecular weight is 331 g/mol. The summed E-state index contributed by atoms with van der Waals surface area (Å²) >= 11 is 0. The van der Waals surface area contributed by atoms with Gasteiger partial charge in [-0.1, -0.05) is 35.5 Å². The van der Waals surface area contributed by atoms with Crippen molar-refractivity contribution in [1.82, 2.24) is 25.3 Å². The van der Waals surface area contributed by atoms with Crippen LogP contribution in [-0.4, -0.2) is 25.3 Å². The van der Waals surface area contributed by atoms with Gasteiger partial charge in [0, 0.05) is 24.4 Å². The highest BCUT2D eigenvalue weighted by Gasteiger charge is 2.10. The van der Waals surface area contributed by atoms with Crippen molar-refractivity contribution < 1.29 is 4.52 Å². The van der Waals surface area contributed by atoms with Gasteiger partial charge in [-0.05, 0) is 30.5 Å². The predicted molar refractivity (Wildman–Crippen MR) is 93.6 cm³/mol.